The highest BCUT2D eigenvalue weighted by Crippen LogP contribution is 2.25. The smallest absolute Gasteiger partial charge is 0.271 e. The van der Waals surface area contributed by atoms with Gasteiger partial charge in [0.25, 0.3) is 5.69 Å². The van der Waals surface area contributed by atoms with Crippen LogP contribution in [0.4, 0.5) is 11.4 Å². The van der Waals surface area contributed by atoms with Gasteiger partial charge in [0, 0.05) is 17.8 Å². The maximum atomic E-state index is 11.4. The number of aliphatic hydroxyl groups excluding tert-OH is 1. The van der Waals surface area contributed by atoms with Crippen LogP contribution < -0.4 is 5.32 Å². The van der Waals surface area contributed by atoms with Crippen molar-refractivity contribution >= 4 is 21.2 Å². The normalized spacial score (nSPS) is 25.2. The first-order valence-corrected chi connectivity index (χ1v) is 7.51. The Bertz CT molecular complexity index is 614. The minimum atomic E-state index is -3.25. The average molecular weight is 286 g/mol. The SMILES string of the molecule is Cc1ccc([N+](=O)[O-])cc1NC1CS(=O)(=O)CC1O. The number of hydrogen-bond donors (Lipinski definition) is 2. The van der Waals surface area contributed by atoms with Crippen LogP contribution in [0.3, 0.4) is 0 Å². The van der Waals surface area contributed by atoms with E-state index in [1.54, 1.807) is 13.0 Å². The van der Waals surface area contributed by atoms with Gasteiger partial charge in [-0.05, 0) is 12.5 Å². The lowest BCUT2D eigenvalue weighted by molar-refractivity contribution is -0.384. The van der Waals surface area contributed by atoms with Crippen LogP contribution >= 0.6 is 0 Å². The fraction of sp³-hybridized carbons (Fsp3) is 0.455. The highest BCUT2D eigenvalue weighted by molar-refractivity contribution is 7.91. The molecule has 1 heterocycles. The van der Waals surface area contributed by atoms with Gasteiger partial charge >= 0.3 is 0 Å². The second-order valence-corrected chi connectivity index (χ2v) is 6.81. The summed E-state index contributed by atoms with van der Waals surface area (Å²) in [6.45, 7) is 1.75. The van der Waals surface area contributed by atoms with Gasteiger partial charge in [0.05, 0.1) is 28.6 Å². The van der Waals surface area contributed by atoms with Crippen molar-refractivity contribution in [3.8, 4) is 0 Å². The number of benzene rings is 1. The van der Waals surface area contributed by atoms with Crippen molar-refractivity contribution in [2.45, 2.75) is 19.1 Å². The molecule has 2 atom stereocenters. The summed E-state index contributed by atoms with van der Waals surface area (Å²) in [6.07, 6.45) is -0.997. The van der Waals surface area contributed by atoms with Gasteiger partial charge in [-0.25, -0.2) is 8.42 Å². The second-order valence-electron chi connectivity index (χ2n) is 4.65. The zero-order valence-corrected chi connectivity index (χ0v) is 11.1. The van der Waals surface area contributed by atoms with E-state index in [-0.39, 0.29) is 17.2 Å². The monoisotopic (exact) mass is 286 g/mol. The van der Waals surface area contributed by atoms with Crippen LogP contribution in [0.1, 0.15) is 5.56 Å². The number of sulfone groups is 1. The highest BCUT2D eigenvalue weighted by atomic mass is 32.2. The molecule has 19 heavy (non-hydrogen) atoms. The van der Waals surface area contributed by atoms with Crippen LogP contribution in [0.25, 0.3) is 0 Å². The quantitative estimate of drug-likeness (QED) is 0.617. The molecule has 0 aliphatic carbocycles. The number of nitrogens with one attached hydrogen (secondary N) is 1. The lowest BCUT2D eigenvalue weighted by atomic mass is 10.1. The second kappa shape index (κ2) is 4.78. The van der Waals surface area contributed by atoms with Crippen molar-refractivity contribution in [2.75, 3.05) is 16.8 Å². The molecule has 1 aliphatic rings. The summed E-state index contributed by atoms with van der Waals surface area (Å²) >= 11 is 0. The van der Waals surface area contributed by atoms with Gasteiger partial charge in [-0.15, -0.1) is 0 Å². The molecule has 2 rings (SSSR count). The molecule has 1 aliphatic heterocycles. The van der Waals surface area contributed by atoms with Crippen LogP contribution in [0, 0.1) is 17.0 Å². The Morgan fingerprint density at radius 2 is 2.11 bits per heavy atom. The van der Waals surface area contributed by atoms with Crippen LogP contribution in [-0.4, -0.2) is 42.1 Å². The molecule has 8 heteroatoms. The lowest BCUT2D eigenvalue weighted by Gasteiger charge is -2.17. The number of hydrogen-bond acceptors (Lipinski definition) is 6. The van der Waals surface area contributed by atoms with Gasteiger partial charge in [0.2, 0.25) is 0 Å². The van der Waals surface area contributed by atoms with Crippen molar-refractivity contribution in [1.29, 1.82) is 0 Å². The lowest BCUT2D eigenvalue weighted by Crippen LogP contribution is -2.32. The zero-order chi connectivity index (χ0) is 14.2. The first-order chi connectivity index (χ1) is 8.78. The van der Waals surface area contributed by atoms with Crippen LogP contribution in [-0.2, 0) is 9.84 Å². The molecule has 1 aromatic rings. The van der Waals surface area contributed by atoms with Crippen molar-refractivity contribution in [2.24, 2.45) is 0 Å². The largest absolute Gasteiger partial charge is 0.390 e. The third kappa shape index (κ3) is 3.02. The summed E-state index contributed by atoms with van der Waals surface area (Å²) in [5.41, 5.74) is 1.14. The summed E-state index contributed by atoms with van der Waals surface area (Å²) in [5.74, 6) is -0.449. The predicted octanol–water partition coefficient (Wildman–Crippen LogP) is 0.473. The number of nitro benzene ring substituents is 1. The number of aryl methyl sites for hydroxylation is 1. The first kappa shape index (κ1) is 13.8. The van der Waals surface area contributed by atoms with E-state index in [0.29, 0.717) is 5.69 Å². The number of nitro groups is 1. The van der Waals surface area contributed by atoms with Gasteiger partial charge in [0.15, 0.2) is 9.84 Å². The van der Waals surface area contributed by atoms with E-state index < -0.39 is 26.9 Å². The average Bonchev–Trinajstić information content (AvgIpc) is 2.54. The molecule has 7 nitrogen and oxygen atoms in total. The molecule has 0 radical (unpaired) electrons. The Morgan fingerprint density at radius 1 is 1.42 bits per heavy atom. The molecular weight excluding hydrogens is 272 g/mol. The highest BCUT2D eigenvalue weighted by Gasteiger charge is 2.36. The van der Waals surface area contributed by atoms with Crippen molar-refractivity contribution in [3.05, 3.63) is 33.9 Å². The summed E-state index contributed by atoms with van der Waals surface area (Å²) in [5, 5.41) is 23.3. The van der Waals surface area contributed by atoms with E-state index >= 15 is 0 Å². The fourth-order valence-electron chi connectivity index (χ4n) is 2.05. The summed E-state index contributed by atoms with van der Waals surface area (Å²) in [6, 6.07) is 3.66. The van der Waals surface area contributed by atoms with E-state index in [9.17, 15) is 23.6 Å². The van der Waals surface area contributed by atoms with Gasteiger partial charge in [0.1, 0.15) is 0 Å². The van der Waals surface area contributed by atoms with Crippen LogP contribution in [0.15, 0.2) is 18.2 Å². The van der Waals surface area contributed by atoms with Gasteiger partial charge in [-0.1, -0.05) is 6.07 Å². The minimum Gasteiger partial charge on any atom is -0.390 e. The summed E-state index contributed by atoms with van der Waals surface area (Å²) in [4.78, 5) is 10.2. The Balaban J connectivity index is 2.24. The molecule has 0 saturated carbocycles. The Morgan fingerprint density at radius 3 is 2.63 bits per heavy atom. The Hall–Kier alpha value is -1.67. The molecule has 2 N–H and O–H groups in total. The topological polar surface area (TPSA) is 110 Å². The maximum Gasteiger partial charge on any atom is 0.271 e. The van der Waals surface area contributed by atoms with Crippen molar-refractivity contribution < 1.29 is 18.4 Å². The maximum absolute atomic E-state index is 11.4. The van der Waals surface area contributed by atoms with E-state index in [1.807, 2.05) is 0 Å². The molecule has 1 aromatic carbocycles. The Labute approximate surface area is 110 Å². The van der Waals surface area contributed by atoms with Crippen molar-refractivity contribution in [3.63, 3.8) is 0 Å². The molecule has 1 fully saturated rings. The van der Waals surface area contributed by atoms with Crippen LogP contribution in [0.5, 0.6) is 0 Å². The molecule has 0 spiro atoms. The minimum absolute atomic E-state index is 0.0801. The number of aliphatic hydroxyl groups is 1. The van der Waals surface area contributed by atoms with Gasteiger partial charge in [-0.3, -0.25) is 10.1 Å². The summed E-state index contributed by atoms with van der Waals surface area (Å²) in [7, 11) is -3.25. The van der Waals surface area contributed by atoms with E-state index in [0.717, 1.165) is 5.56 Å². The van der Waals surface area contributed by atoms with Crippen LogP contribution in [0.2, 0.25) is 0 Å². The fourth-order valence-corrected chi connectivity index (χ4v) is 3.79. The predicted molar refractivity (Wildman–Crippen MR) is 69.9 cm³/mol. The third-order valence-electron chi connectivity index (χ3n) is 3.10. The molecule has 2 unspecified atom stereocenters. The van der Waals surface area contributed by atoms with Gasteiger partial charge < -0.3 is 10.4 Å². The first-order valence-electron chi connectivity index (χ1n) is 5.68. The number of non-ortho nitro benzene ring substituents is 1. The van der Waals surface area contributed by atoms with Crippen molar-refractivity contribution in [1.82, 2.24) is 0 Å². The Kier molecular flexibility index (Phi) is 3.46. The molecule has 0 bridgehead atoms. The molecular formula is C11H14N2O5S. The van der Waals surface area contributed by atoms with E-state index in [1.165, 1.54) is 12.1 Å². The number of anilines is 1. The third-order valence-corrected chi connectivity index (χ3v) is 4.81. The molecule has 1 saturated heterocycles. The standard InChI is InChI=1S/C11H14N2O5S/c1-7-2-3-8(13(15)16)4-9(7)12-10-5-19(17,18)6-11(10)14/h2-4,10-12,14H,5-6H2,1H3. The summed E-state index contributed by atoms with van der Waals surface area (Å²) < 4.78 is 22.8. The van der Waals surface area contributed by atoms with E-state index in [2.05, 4.69) is 5.32 Å². The molecule has 0 amide bonds. The number of rotatable bonds is 3. The van der Waals surface area contributed by atoms with E-state index in [4.69, 9.17) is 0 Å². The van der Waals surface area contributed by atoms with Gasteiger partial charge in [-0.2, -0.15) is 0 Å². The zero-order valence-electron chi connectivity index (χ0n) is 10.2. The number of nitrogens with zero attached hydrogens (tertiary/aromatic N) is 1. The molecule has 104 valence electrons. The molecule has 0 aromatic heterocycles.